The molecule has 0 aromatic heterocycles. The van der Waals surface area contributed by atoms with Gasteiger partial charge in [0.2, 0.25) is 0 Å². The number of benzene rings is 1. The van der Waals surface area contributed by atoms with E-state index in [1.54, 1.807) is 19.3 Å². The number of aliphatic hydroxyl groups is 1. The molecule has 0 radical (unpaired) electrons. The van der Waals surface area contributed by atoms with E-state index < -0.39 is 6.23 Å². The number of nitrogens with zero attached hydrogens (tertiary/aromatic N) is 2. The second-order valence-electron chi connectivity index (χ2n) is 3.76. The van der Waals surface area contributed by atoms with Gasteiger partial charge in [-0.15, -0.1) is 0 Å². The van der Waals surface area contributed by atoms with Crippen LogP contribution in [0.2, 0.25) is 0 Å². The number of amides is 2. The standard InChI is InChI=1S/C12H14N2O2/c1-13-8-7-11(15)14(12(13)16)9-10-5-3-2-4-6-10/h2-8,11,15H,9H2,1H3. The average molecular weight is 218 g/mol. The molecule has 16 heavy (non-hydrogen) atoms. The summed E-state index contributed by atoms with van der Waals surface area (Å²) < 4.78 is 0. The van der Waals surface area contributed by atoms with Gasteiger partial charge in [-0.25, -0.2) is 4.79 Å². The molecular formula is C12H14N2O2. The minimum Gasteiger partial charge on any atom is -0.370 e. The van der Waals surface area contributed by atoms with Crippen molar-refractivity contribution in [3.8, 4) is 0 Å². The maximum Gasteiger partial charge on any atom is 0.326 e. The summed E-state index contributed by atoms with van der Waals surface area (Å²) in [5.74, 6) is 0. The van der Waals surface area contributed by atoms with Crippen molar-refractivity contribution in [2.24, 2.45) is 0 Å². The fourth-order valence-corrected chi connectivity index (χ4v) is 1.63. The molecule has 84 valence electrons. The van der Waals surface area contributed by atoms with Gasteiger partial charge < -0.3 is 10.0 Å². The van der Waals surface area contributed by atoms with Crippen LogP contribution in [0.4, 0.5) is 4.79 Å². The van der Waals surface area contributed by atoms with E-state index in [0.717, 1.165) is 5.56 Å². The van der Waals surface area contributed by atoms with Crippen LogP contribution in [0.1, 0.15) is 5.56 Å². The van der Waals surface area contributed by atoms with Crippen molar-refractivity contribution in [2.75, 3.05) is 7.05 Å². The van der Waals surface area contributed by atoms with Crippen molar-refractivity contribution in [3.63, 3.8) is 0 Å². The highest BCUT2D eigenvalue weighted by Crippen LogP contribution is 2.14. The van der Waals surface area contributed by atoms with E-state index in [0.29, 0.717) is 6.54 Å². The highest BCUT2D eigenvalue weighted by molar-refractivity contribution is 5.76. The Morgan fingerprint density at radius 2 is 2.00 bits per heavy atom. The third-order valence-corrected chi connectivity index (χ3v) is 2.54. The lowest BCUT2D eigenvalue weighted by Crippen LogP contribution is -2.47. The summed E-state index contributed by atoms with van der Waals surface area (Å²) in [7, 11) is 1.67. The van der Waals surface area contributed by atoms with Crippen molar-refractivity contribution >= 4 is 6.03 Å². The Morgan fingerprint density at radius 3 is 2.69 bits per heavy atom. The van der Waals surface area contributed by atoms with Gasteiger partial charge in [-0.3, -0.25) is 4.90 Å². The molecule has 2 amide bonds. The van der Waals surface area contributed by atoms with Crippen LogP contribution in [0, 0.1) is 0 Å². The second-order valence-corrected chi connectivity index (χ2v) is 3.76. The van der Waals surface area contributed by atoms with Gasteiger partial charge in [-0.1, -0.05) is 30.3 Å². The molecule has 0 saturated carbocycles. The maximum absolute atomic E-state index is 11.8. The van der Waals surface area contributed by atoms with E-state index in [9.17, 15) is 9.90 Å². The minimum atomic E-state index is -0.844. The highest BCUT2D eigenvalue weighted by atomic mass is 16.3. The van der Waals surface area contributed by atoms with E-state index in [2.05, 4.69) is 0 Å². The summed E-state index contributed by atoms with van der Waals surface area (Å²) in [6, 6.07) is 9.41. The summed E-state index contributed by atoms with van der Waals surface area (Å²) in [5.41, 5.74) is 0.999. The molecule has 2 rings (SSSR count). The molecule has 1 aliphatic heterocycles. The van der Waals surface area contributed by atoms with Crippen molar-refractivity contribution in [3.05, 3.63) is 48.2 Å². The molecule has 4 heteroatoms. The molecule has 1 aliphatic rings. The van der Waals surface area contributed by atoms with Crippen LogP contribution < -0.4 is 0 Å². The molecule has 0 spiro atoms. The van der Waals surface area contributed by atoms with Gasteiger partial charge >= 0.3 is 6.03 Å². The number of carbonyl (C=O) groups excluding carboxylic acids is 1. The SMILES string of the molecule is CN1C=CC(O)N(Cc2ccccc2)C1=O. The number of rotatable bonds is 2. The monoisotopic (exact) mass is 218 g/mol. The Balaban J connectivity index is 2.15. The van der Waals surface area contributed by atoms with Crippen LogP contribution in [0.3, 0.4) is 0 Å². The van der Waals surface area contributed by atoms with Gasteiger partial charge in [0.25, 0.3) is 0 Å². The van der Waals surface area contributed by atoms with Crippen LogP contribution in [0.15, 0.2) is 42.6 Å². The van der Waals surface area contributed by atoms with Crippen molar-refractivity contribution < 1.29 is 9.90 Å². The molecule has 1 unspecified atom stereocenters. The minimum absolute atomic E-state index is 0.196. The predicted octanol–water partition coefficient (Wildman–Crippen LogP) is 1.39. The second kappa shape index (κ2) is 4.37. The Kier molecular flexibility index (Phi) is 2.92. The van der Waals surface area contributed by atoms with Gasteiger partial charge in [0.05, 0.1) is 6.54 Å². The van der Waals surface area contributed by atoms with Crippen LogP contribution in [-0.2, 0) is 6.54 Å². The fourth-order valence-electron chi connectivity index (χ4n) is 1.63. The van der Waals surface area contributed by atoms with Crippen LogP contribution in [0.25, 0.3) is 0 Å². The summed E-state index contributed by atoms with van der Waals surface area (Å²) in [6.07, 6.45) is 2.32. The zero-order valence-corrected chi connectivity index (χ0v) is 9.08. The molecule has 1 heterocycles. The highest BCUT2D eigenvalue weighted by Gasteiger charge is 2.25. The molecule has 1 aromatic carbocycles. The Hall–Kier alpha value is -1.81. The molecular weight excluding hydrogens is 204 g/mol. The molecule has 0 fully saturated rings. The first-order valence-corrected chi connectivity index (χ1v) is 5.12. The van der Waals surface area contributed by atoms with Crippen molar-refractivity contribution in [1.82, 2.24) is 9.80 Å². The third kappa shape index (κ3) is 2.06. The largest absolute Gasteiger partial charge is 0.370 e. The lowest BCUT2D eigenvalue weighted by molar-refractivity contribution is 0.0439. The van der Waals surface area contributed by atoms with Crippen LogP contribution >= 0.6 is 0 Å². The van der Waals surface area contributed by atoms with Gasteiger partial charge in [0.15, 0.2) is 6.23 Å². The molecule has 0 saturated heterocycles. The third-order valence-electron chi connectivity index (χ3n) is 2.54. The lowest BCUT2D eigenvalue weighted by atomic mass is 10.2. The Morgan fingerprint density at radius 1 is 1.31 bits per heavy atom. The van der Waals surface area contributed by atoms with E-state index >= 15 is 0 Å². The molecule has 1 atom stereocenters. The summed E-state index contributed by atoms with van der Waals surface area (Å²) >= 11 is 0. The van der Waals surface area contributed by atoms with Crippen LogP contribution in [-0.4, -0.2) is 34.2 Å². The Bertz CT molecular complexity index is 403. The molecule has 1 aromatic rings. The number of carbonyl (C=O) groups is 1. The molecule has 0 aliphatic carbocycles. The van der Waals surface area contributed by atoms with E-state index in [1.807, 2.05) is 30.3 Å². The summed E-state index contributed by atoms with van der Waals surface area (Å²) in [6.45, 7) is 0.412. The molecule has 0 bridgehead atoms. The topological polar surface area (TPSA) is 43.8 Å². The first-order valence-electron chi connectivity index (χ1n) is 5.12. The number of hydrogen-bond donors (Lipinski definition) is 1. The predicted molar refractivity (Wildman–Crippen MR) is 60.3 cm³/mol. The molecule has 4 nitrogen and oxygen atoms in total. The van der Waals surface area contributed by atoms with E-state index in [-0.39, 0.29) is 6.03 Å². The summed E-state index contributed by atoms with van der Waals surface area (Å²) in [5, 5.41) is 9.71. The number of aliphatic hydroxyl groups excluding tert-OH is 1. The van der Waals surface area contributed by atoms with Gasteiger partial charge in [-0.2, -0.15) is 0 Å². The number of urea groups is 1. The van der Waals surface area contributed by atoms with Crippen molar-refractivity contribution in [1.29, 1.82) is 0 Å². The van der Waals surface area contributed by atoms with Gasteiger partial charge in [0, 0.05) is 13.2 Å². The normalized spacial score (nSPS) is 20.4. The summed E-state index contributed by atoms with van der Waals surface area (Å²) in [4.78, 5) is 14.6. The smallest absolute Gasteiger partial charge is 0.326 e. The lowest BCUT2D eigenvalue weighted by Gasteiger charge is -2.33. The van der Waals surface area contributed by atoms with Gasteiger partial charge in [0.1, 0.15) is 0 Å². The molecule has 1 N–H and O–H groups in total. The zero-order valence-electron chi connectivity index (χ0n) is 9.08. The maximum atomic E-state index is 11.8. The van der Waals surface area contributed by atoms with E-state index in [1.165, 1.54) is 9.80 Å². The Labute approximate surface area is 94.4 Å². The zero-order chi connectivity index (χ0) is 11.5. The van der Waals surface area contributed by atoms with Crippen molar-refractivity contribution in [2.45, 2.75) is 12.8 Å². The quantitative estimate of drug-likeness (QED) is 0.815. The van der Waals surface area contributed by atoms with Gasteiger partial charge in [-0.05, 0) is 11.6 Å². The first-order chi connectivity index (χ1) is 7.68. The number of hydrogen-bond acceptors (Lipinski definition) is 2. The van der Waals surface area contributed by atoms with E-state index in [4.69, 9.17) is 0 Å². The van der Waals surface area contributed by atoms with Crippen LogP contribution in [0.5, 0.6) is 0 Å². The first kappa shape index (κ1) is 10.7. The average Bonchev–Trinajstić information content (AvgIpc) is 2.31. The fraction of sp³-hybridized carbons (Fsp3) is 0.250.